The molecule has 1 amide bonds. The number of hydrogen-bond donors (Lipinski definition) is 1. The Hall–Kier alpha value is -1.03. The van der Waals surface area contributed by atoms with E-state index in [4.69, 9.17) is 0 Å². The van der Waals surface area contributed by atoms with Crippen molar-refractivity contribution in [2.45, 2.75) is 38.5 Å². The van der Waals surface area contributed by atoms with Gasteiger partial charge < -0.3 is 4.90 Å². The van der Waals surface area contributed by atoms with Gasteiger partial charge in [0.1, 0.15) is 5.82 Å². The summed E-state index contributed by atoms with van der Waals surface area (Å²) in [5.41, 5.74) is 0.499. The molecule has 106 valence electrons. The zero-order valence-corrected chi connectivity index (χ0v) is 12.7. The lowest BCUT2D eigenvalue weighted by molar-refractivity contribution is 0.0734. The normalized spacial score (nSPS) is 10.8. The minimum atomic E-state index is -0.400. The maximum absolute atomic E-state index is 13.2. The van der Waals surface area contributed by atoms with Crippen molar-refractivity contribution in [1.82, 2.24) is 4.90 Å². The molecule has 0 saturated heterocycles. The Morgan fingerprint density at radius 3 is 2.42 bits per heavy atom. The molecular weight excluding hydrogens is 261 g/mol. The van der Waals surface area contributed by atoms with Gasteiger partial charge in [0.2, 0.25) is 0 Å². The molecule has 0 heterocycles. The molecule has 0 unspecified atom stereocenters. The minimum Gasteiger partial charge on any atom is -0.339 e. The van der Waals surface area contributed by atoms with Crippen LogP contribution in [0.5, 0.6) is 0 Å². The van der Waals surface area contributed by atoms with Crippen molar-refractivity contribution in [2.75, 3.05) is 13.1 Å². The largest absolute Gasteiger partial charge is 0.339 e. The van der Waals surface area contributed by atoms with Crippen LogP contribution < -0.4 is 0 Å². The molecule has 1 aromatic rings. The first-order chi connectivity index (χ1) is 9.03. The third kappa shape index (κ3) is 4.23. The highest BCUT2D eigenvalue weighted by atomic mass is 32.1. The van der Waals surface area contributed by atoms with Crippen molar-refractivity contribution >= 4 is 18.5 Å². The Balaban J connectivity index is 2.85. The predicted molar refractivity (Wildman–Crippen MR) is 79.3 cm³/mol. The van der Waals surface area contributed by atoms with Crippen molar-refractivity contribution in [3.05, 3.63) is 29.6 Å². The molecule has 0 spiro atoms. The lowest BCUT2D eigenvalue weighted by Crippen LogP contribution is -2.35. The summed E-state index contributed by atoms with van der Waals surface area (Å²) in [5.74, 6) is 0.0624. The summed E-state index contributed by atoms with van der Waals surface area (Å²) in [7, 11) is 0. The highest BCUT2D eigenvalue weighted by Crippen LogP contribution is 2.17. The van der Waals surface area contributed by atoms with E-state index in [0.29, 0.717) is 18.0 Å². The molecular formula is C15H22FNOS. The number of rotatable bonds is 6. The first kappa shape index (κ1) is 16.0. The van der Waals surface area contributed by atoms with Crippen molar-refractivity contribution in [3.8, 4) is 0 Å². The molecule has 0 aliphatic carbocycles. The first-order valence-corrected chi connectivity index (χ1v) is 7.25. The van der Waals surface area contributed by atoms with Crippen LogP contribution in [0.3, 0.4) is 0 Å². The van der Waals surface area contributed by atoms with Gasteiger partial charge in [-0.05, 0) is 31.0 Å². The summed E-state index contributed by atoms with van der Waals surface area (Å²) < 4.78 is 13.2. The van der Waals surface area contributed by atoms with Gasteiger partial charge in [0, 0.05) is 23.5 Å². The molecule has 0 radical (unpaired) electrons. The molecule has 0 aliphatic heterocycles. The molecule has 0 atom stereocenters. The Bertz CT molecular complexity index is 432. The number of halogens is 1. The molecule has 4 heteroatoms. The van der Waals surface area contributed by atoms with Crippen LogP contribution in [0.2, 0.25) is 0 Å². The average Bonchev–Trinajstić information content (AvgIpc) is 2.42. The maximum Gasteiger partial charge on any atom is 0.253 e. The van der Waals surface area contributed by atoms with Gasteiger partial charge >= 0.3 is 0 Å². The fraction of sp³-hybridized carbons (Fsp3) is 0.533. The van der Waals surface area contributed by atoms with E-state index in [2.05, 4.69) is 26.5 Å². The molecule has 1 aromatic carbocycles. The second kappa shape index (κ2) is 7.53. The van der Waals surface area contributed by atoms with Crippen LogP contribution in [0.1, 0.15) is 44.0 Å². The molecule has 0 saturated carbocycles. The van der Waals surface area contributed by atoms with Crippen LogP contribution in [-0.4, -0.2) is 23.9 Å². The van der Waals surface area contributed by atoms with Gasteiger partial charge in [-0.15, -0.1) is 12.6 Å². The molecule has 0 aromatic heterocycles. The highest BCUT2D eigenvalue weighted by Gasteiger charge is 2.18. The summed E-state index contributed by atoms with van der Waals surface area (Å²) in [4.78, 5) is 14.4. The summed E-state index contributed by atoms with van der Waals surface area (Å²) in [6.07, 6.45) is 2.11. The van der Waals surface area contributed by atoms with E-state index in [1.54, 1.807) is 0 Å². The summed E-state index contributed by atoms with van der Waals surface area (Å²) in [5, 5.41) is 0. The zero-order valence-electron chi connectivity index (χ0n) is 11.8. The van der Waals surface area contributed by atoms with Crippen molar-refractivity contribution in [3.63, 3.8) is 0 Å². The van der Waals surface area contributed by atoms with Crippen molar-refractivity contribution in [1.29, 1.82) is 0 Å². The second-order valence-electron chi connectivity index (χ2n) is 4.69. The molecule has 0 N–H and O–H groups in total. The van der Waals surface area contributed by atoms with Crippen LogP contribution in [-0.2, 0) is 0 Å². The topological polar surface area (TPSA) is 20.3 Å². The van der Waals surface area contributed by atoms with Crippen LogP contribution >= 0.6 is 12.6 Å². The third-order valence-corrected chi connectivity index (χ3v) is 3.84. The second-order valence-corrected chi connectivity index (χ2v) is 5.17. The van der Waals surface area contributed by atoms with Crippen molar-refractivity contribution < 1.29 is 9.18 Å². The quantitative estimate of drug-likeness (QED) is 0.782. The number of carbonyl (C=O) groups is 1. The number of hydrogen-bond acceptors (Lipinski definition) is 2. The van der Waals surface area contributed by atoms with Crippen LogP contribution in [0, 0.1) is 11.7 Å². The fourth-order valence-electron chi connectivity index (χ4n) is 2.04. The van der Waals surface area contributed by atoms with E-state index in [0.717, 1.165) is 19.4 Å². The molecule has 1 rings (SSSR count). The van der Waals surface area contributed by atoms with Gasteiger partial charge in [0.15, 0.2) is 0 Å². The summed E-state index contributed by atoms with van der Waals surface area (Å²) >= 11 is 4.02. The molecule has 0 aliphatic rings. The Morgan fingerprint density at radius 2 is 1.95 bits per heavy atom. The van der Waals surface area contributed by atoms with Gasteiger partial charge in [0.25, 0.3) is 5.91 Å². The summed E-state index contributed by atoms with van der Waals surface area (Å²) in [6.45, 7) is 7.65. The minimum absolute atomic E-state index is 0.0512. The number of nitrogens with zero attached hydrogens (tertiary/aromatic N) is 1. The molecule has 0 bridgehead atoms. The highest BCUT2D eigenvalue weighted by molar-refractivity contribution is 7.80. The third-order valence-electron chi connectivity index (χ3n) is 3.50. The van der Waals surface area contributed by atoms with Crippen LogP contribution in [0.4, 0.5) is 4.39 Å². The SMILES string of the molecule is CCC(CC)CN(CC)C(=O)c1ccc(F)c(S)c1. The fourth-order valence-corrected chi connectivity index (χ4v) is 2.26. The van der Waals surface area contributed by atoms with Gasteiger partial charge in [-0.1, -0.05) is 26.7 Å². The van der Waals surface area contributed by atoms with E-state index in [9.17, 15) is 9.18 Å². The van der Waals surface area contributed by atoms with E-state index >= 15 is 0 Å². The van der Waals surface area contributed by atoms with E-state index in [1.165, 1.54) is 18.2 Å². The Kier molecular flexibility index (Phi) is 6.35. The maximum atomic E-state index is 13.2. The number of benzene rings is 1. The number of carbonyl (C=O) groups excluding carboxylic acids is 1. The number of thiol groups is 1. The lowest BCUT2D eigenvalue weighted by atomic mass is 10.0. The van der Waals surface area contributed by atoms with Gasteiger partial charge in [-0.25, -0.2) is 4.39 Å². The van der Waals surface area contributed by atoms with E-state index < -0.39 is 5.82 Å². The van der Waals surface area contributed by atoms with Crippen molar-refractivity contribution in [2.24, 2.45) is 5.92 Å². The zero-order chi connectivity index (χ0) is 14.4. The first-order valence-electron chi connectivity index (χ1n) is 6.81. The lowest BCUT2D eigenvalue weighted by Gasteiger charge is -2.25. The van der Waals surface area contributed by atoms with E-state index in [-0.39, 0.29) is 10.8 Å². The van der Waals surface area contributed by atoms with Crippen LogP contribution in [0.25, 0.3) is 0 Å². The van der Waals surface area contributed by atoms with Gasteiger partial charge in [-0.2, -0.15) is 0 Å². The molecule has 19 heavy (non-hydrogen) atoms. The van der Waals surface area contributed by atoms with Gasteiger partial charge in [0.05, 0.1) is 0 Å². The Labute approximate surface area is 120 Å². The molecule has 0 fully saturated rings. The smallest absolute Gasteiger partial charge is 0.253 e. The monoisotopic (exact) mass is 283 g/mol. The van der Waals surface area contributed by atoms with Gasteiger partial charge in [-0.3, -0.25) is 4.79 Å². The van der Waals surface area contributed by atoms with Crippen LogP contribution in [0.15, 0.2) is 23.1 Å². The standard InChI is InChI=1S/C15H22FNOS/c1-4-11(5-2)10-17(6-3)15(18)12-7-8-13(16)14(19)9-12/h7-9,11,19H,4-6,10H2,1-3H3. The molecule has 2 nitrogen and oxygen atoms in total. The predicted octanol–water partition coefficient (Wildman–Crippen LogP) is 4.01. The number of amides is 1. The summed E-state index contributed by atoms with van der Waals surface area (Å²) in [6, 6.07) is 4.31. The average molecular weight is 283 g/mol. The van der Waals surface area contributed by atoms with E-state index in [1.807, 2.05) is 11.8 Å². The Morgan fingerprint density at radius 1 is 1.32 bits per heavy atom.